The second kappa shape index (κ2) is 10.7. The summed E-state index contributed by atoms with van der Waals surface area (Å²) < 4.78 is 16.3. The van der Waals surface area contributed by atoms with Crippen LogP contribution in [-0.4, -0.2) is 28.6 Å². The van der Waals surface area contributed by atoms with Crippen LogP contribution < -0.4 is 10.6 Å². The standard InChI is InChI=1S/C24H28FN5.HI/c1-2-27-23(29-17-24(10-11-24)21-8-3-4-9-22(21)25)28-15-19-6-5-7-20(14-19)16-30-13-12-26-18-30;/h3-9,12-14,18H,2,10-11,15-17H2,1H3,(H2,27,28,29);1H. The van der Waals surface area contributed by atoms with Crippen LogP contribution in [0, 0.1) is 5.82 Å². The van der Waals surface area contributed by atoms with Crippen LogP contribution in [0.15, 0.2) is 72.2 Å². The Morgan fingerprint density at radius 3 is 2.65 bits per heavy atom. The van der Waals surface area contributed by atoms with Crippen LogP contribution in [0.2, 0.25) is 0 Å². The minimum atomic E-state index is -0.119. The highest BCUT2D eigenvalue weighted by molar-refractivity contribution is 14.0. The van der Waals surface area contributed by atoms with E-state index in [0.29, 0.717) is 13.1 Å². The molecule has 5 nitrogen and oxygen atoms in total. The second-order valence-corrected chi connectivity index (χ2v) is 7.86. The summed E-state index contributed by atoms with van der Waals surface area (Å²) in [6.07, 6.45) is 7.56. The average Bonchev–Trinajstić information content (AvgIpc) is 3.37. The summed E-state index contributed by atoms with van der Waals surface area (Å²) in [5.41, 5.74) is 3.06. The SMILES string of the molecule is CCNC(=NCc1cccc(Cn2ccnc2)c1)NCC1(c2ccccc2F)CC1.I. The van der Waals surface area contributed by atoms with Crippen LogP contribution in [-0.2, 0) is 18.5 Å². The van der Waals surface area contributed by atoms with Crippen molar-refractivity contribution < 1.29 is 4.39 Å². The number of rotatable bonds is 8. The molecule has 1 aromatic heterocycles. The molecule has 31 heavy (non-hydrogen) atoms. The van der Waals surface area contributed by atoms with Gasteiger partial charge in [-0.1, -0.05) is 42.5 Å². The fourth-order valence-electron chi connectivity index (χ4n) is 3.77. The molecule has 1 aliphatic carbocycles. The van der Waals surface area contributed by atoms with Gasteiger partial charge in [0.25, 0.3) is 0 Å². The lowest BCUT2D eigenvalue weighted by atomic mass is 9.95. The predicted octanol–water partition coefficient (Wildman–Crippen LogP) is 4.48. The van der Waals surface area contributed by atoms with Crippen LogP contribution in [0.4, 0.5) is 4.39 Å². The molecule has 0 atom stereocenters. The van der Waals surface area contributed by atoms with E-state index in [-0.39, 0.29) is 35.2 Å². The van der Waals surface area contributed by atoms with Crippen LogP contribution in [0.25, 0.3) is 0 Å². The van der Waals surface area contributed by atoms with Gasteiger partial charge >= 0.3 is 0 Å². The molecule has 0 spiro atoms. The smallest absolute Gasteiger partial charge is 0.191 e. The van der Waals surface area contributed by atoms with E-state index in [2.05, 4.69) is 39.9 Å². The van der Waals surface area contributed by atoms with Crippen molar-refractivity contribution in [3.8, 4) is 0 Å². The summed E-state index contributed by atoms with van der Waals surface area (Å²) in [5, 5.41) is 6.73. The first-order valence-corrected chi connectivity index (χ1v) is 10.5. The van der Waals surface area contributed by atoms with Crippen LogP contribution in [0.1, 0.15) is 36.5 Å². The number of nitrogens with one attached hydrogen (secondary N) is 2. The van der Waals surface area contributed by atoms with E-state index >= 15 is 0 Å². The van der Waals surface area contributed by atoms with Crippen LogP contribution in [0.3, 0.4) is 0 Å². The van der Waals surface area contributed by atoms with E-state index in [0.717, 1.165) is 43.0 Å². The largest absolute Gasteiger partial charge is 0.357 e. The lowest BCUT2D eigenvalue weighted by Crippen LogP contribution is -2.41. The van der Waals surface area contributed by atoms with Gasteiger partial charge in [-0.05, 0) is 42.5 Å². The molecule has 164 valence electrons. The van der Waals surface area contributed by atoms with Crippen molar-refractivity contribution in [2.75, 3.05) is 13.1 Å². The third kappa shape index (κ3) is 6.06. The van der Waals surface area contributed by atoms with E-state index in [1.165, 1.54) is 5.56 Å². The van der Waals surface area contributed by atoms with Crippen molar-refractivity contribution in [1.82, 2.24) is 20.2 Å². The van der Waals surface area contributed by atoms with Crippen molar-refractivity contribution in [1.29, 1.82) is 0 Å². The van der Waals surface area contributed by atoms with Crippen molar-refractivity contribution in [2.24, 2.45) is 4.99 Å². The minimum Gasteiger partial charge on any atom is -0.357 e. The molecular weight excluding hydrogens is 504 g/mol. The fourth-order valence-corrected chi connectivity index (χ4v) is 3.77. The van der Waals surface area contributed by atoms with E-state index in [1.54, 1.807) is 18.3 Å². The Morgan fingerprint density at radius 2 is 1.94 bits per heavy atom. The second-order valence-electron chi connectivity index (χ2n) is 7.86. The molecule has 1 heterocycles. The molecule has 2 N–H and O–H groups in total. The lowest BCUT2D eigenvalue weighted by Gasteiger charge is -2.19. The first kappa shape index (κ1) is 23.2. The summed E-state index contributed by atoms with van der Waals surface area (Å²) in [6.45, 7) is 4.88. The van der Waals surface area contributed by atoms with Gasteiger partial charge in [-0.25, -0.2) is 14.4 Å². The molecule has 0 amide bonds. The molecule has 0 radical (unpaired) electrons. The summed E-state index contributed by atoms with van der Waals surface area (Å²) in [7, 11) is 0. The van der Waals surface area contributed by atoms with Gasteiger partial charge in [0.2, 0.25) is 0 Å². The summed E-state index contributed by atoms with van der Waals surface area (Å²) in [4.78, 5) is 8.84. The molecule has 0 unspecified atom stereocenters. The number of guanidine groups is 1. The number of hydrogen-bond donors (Lipinski definition) is 2. The maximum atomic E-state index is 14.3. The Balaban J connectivity index is 0.00000272. The van der Waals surface area contributed by atoms with Gasteiger partial charge in [-0.3, -0.25) is 0 Å². The monoisotopic (exact) mass is 533 g/mol. The minimum absolute atomic E-state index is 0. The fraction of sp³-hybridized carbons (Fsp3) is 0.333. The van der Waals surface area contributed by atoms with E-state index in [9.17, 15) is 4.39 Å². The molecular formula is C24H29FIN5. The van der Waals surface area contributed by atoms with Gasteiger partial charge in [0.15, 0.2) is 5.96 Å². The normalized spacial score (nSPS) is 14.6. The molecule has 1 saturated carbocycles. The van der Waals surface area contributed by atoms with Gasteiger partial charge in [0, 0.05) is 37.4 Å². The average molecular weight is 533 g/mol. The van der Waals surface area contributed by atoms with Gasteiger partial charge in [-0.2, -0.15) is 0 Å². The Bertz CT molecular complexity index is 999. The predicted molar refractivity (Wildman–Crippen MR) is 133 cm³/mol. The highest BCUT2D eigenvalue weighted by Gasteiger charge is 2.45. The van der Waals surface area contributed by atoms with E-state index < -0.39 is 0 Å². The molecule has 3 aromatic rings. The molecule has 2 aromatic carbocycles. The van der Waals surface area contributed by atoms with E-state index in [1.807, 2.05) is 36.1 Å². The van der Waals surface area contributed by atoms with Crippen molar-refractivity contribution >= 4 is 29.9 Å². The molecule has 1 fully saturated rings. The number of nitrogens with zero attached hydrogens (tertiary/aromatic N) is 3. The molecule has 1 aliphatic rings. The third-order valence-electron chi connectivity index (χ3n) is 5.57. The van der Waals surface area contributed by atoms with Crippen LogP contribution >= 0.6 is 24.0 Å². The van der Waals surface area contributed by atoms with Crippen molar-refractivity contribution in [2.45, 2.75) is 38.3 Å². The first-order valence-electron chi connectivity index (χ1n) is 10.5. The van der Waals surface area contributed by atoms with Gasteiger partial charge in [0.05, 0.1) is 12.9 Å². The van der Waals surface area contributed by atoms with E-state index in [4.69, 9.17) is 4.99 Å². The van der Waals surface area contributed by atoms with Gasteiger partial charge in [0.1, 0.15) is 5.82 Å². The highest BCUT2D eigenvalue weighted by Crippen LogP contribution is 2.48. The topological polar surface area (TPSA) is 54.2 Å². The first-order chi connectivity index (χ1) is 14.7. The zero-order valence-electron chi connectivity index (χ0n) is 17.7. The Morgan fingerprint density at radius 1 is 1.13 bits per heavy atom. The Kier molecular flexibility index (Phi) is 8.06. The maximum Gasteiger partial charge on any atom is 0.191 e. The third-order valence-corrected chi connectivity index (χ3v) is 5.57. The number of benzene rings is 2. The van der Waals surface area contributed by atoms with Gasteiger partial charge < -0.3 is 15.2 Å². The molecule has 0 aliphatic heterocycles. The number of imidazole rings is 1. The Labute approximate surface area is 200 Å². The zero-order chi connectivity index (χ0) is 20.8. The number of aromatic nitrogens is 2. The molecule has 0 saturated heterocycles. The lowest BCUT2D eigenvalue weighted by molar-refractivity contribution is 0.559. The summed E-state index contributed by atoms with van der Waals surface area (Å²) >= 11 is 0. The number of aliphatic imine (C=N–C) groups is 1. The Hall–Kier alpha value is -2.42. The number of hydrogen-bond acceptors (Lipinski definition) is 2. The molecule has 0 bridgehead atoms. The highest BCUT2D eigenvalue weighted by atomic mass is 127. The summed E-state index contributed by atoms with van der Waals surface area (Å²) in [5.74, 6) is 0.647. The quantitative estimate of drug-likeness (QED) is 0.255. The summed E-state index contributed by atoms with van der Waals surface area (Å²) in [6, 6.07) is 15.5. The van der Waals surface area contributed by atoms with Crippen LogP contribution in [0.5, 0.6) is 0 Å². The number of halogens is 2. The van der Waals surface area contributed by atoms with Crippen molar-refractivity contribution in [3.05, 3.63) is 89.8 Å². The van der Waals surface area contributed by atoms with Gasteiger partial charge in [-0.15, -0.1) is 24.0 Å². The zero-order valence-corrected chi connectivity index (χ0v) is 20.1. The molecule has 4 rings (SSSR count). The van der Waals surface area contributed by atoms with Crippen molar-refractivity contribution in [3.63, 3.8) is 0 Å². The maximum absolute atomic E-state index is 14.3. The molecule has 7 heteroatoms.